The van der Waals surface area contributed by atoms with Gasteiger partial charge in [-0.3, -0.25) is 9.59 Å². The monoisotopic (exact) mass is 431 g/mol. The van der Waals surface area contributed by atoms with Gasteiger partial charge in [0, 0.05) is 31.7 Å². The maximum Gasteiger partial charge on any atom is 0.279 e. The van der Waals surface area contributed by atoms with Gasteiger partial charge in [0.05, 0.1) is 24.0 Å². The van der Waals surface area contributed by atoms with E-state index in [2.05, 4.69) is 15.0 Å². The Labute approximate surface area is 170 Å². The third kappa shape index (κ3) is 4.88. The molecule has 0 aliphatic carbocycles. The van der Waals surface area contributed by atoms with Crippen molar-refractivity contribution in [2.24, 2.45) is 0 Å². The van der Waals surface area contributed by atoms with E-state index in [0.29, 0.717) is 13.0 Å². The first-order valence-electron chi connectivity index (χ1n) is 9.06. The summed E-state index contributed by atoms with van der Waals surface area (Å²) in [6.45, 7) is 7.73. The third-order valence-electron chi connectivity index (χ3n) is 5.06. The second-order valence-corrected chi connectivity index (χ2v) is 10.6. The van der Waals surface area contributed by atoms with Crippen molar-refractivity contribution >= 4 is 33.4 Å². The van der Waals surface area contributed by atoms with Crippen LogP contribution in [0.2, 0.25) is 0 Å². The number of rotatable bonds is 7. The van der Waals surface area contributed by atoms with Gasteiger partial charge in [-0.05, 0) is 34.1 Å². The highest BCUT2D eigenvalue weighted by Gasteiger charge is 2.45. The van der Waals surface area contributed by atoms with Crippen LogP contribution in [0.15, 0.2) is 5.38 Å². The topological polar surface area (TPSA) is 112 Å². The molecule has 1 aromatic rings. The Hall–Kier alpha value is -1.56. The normalized spacial score (nSPS) is 20.4. The smallest absolute Gasteiger partial charge is 0.279 e. The number of carbonyl (C=O) groups is 2. The lowest BCUT2D eigenvalue weighted by Crippen LogP contribution is -2.56. The quantitative estimate of drug-likeness (QED) is 0.651. The summed E-state index contributed by atoms with van der Waals surface area (Å²) in [7, 11) is -0.900. The lowest BCUT2D eigenvalue weighted by atomic mass is 9.94. The van der Waals surface area contributed by atoms with E-state index >= 15 is 0 Å². The molecular formula is C17H29N5O4S2. The Bertz CT molecular complexity index is 834. The highest BCUT2D eigenvalue weighted by molar-refractivity contribution is 7.87. The molecule has 0 spiro atoms. The first kappa shape index (κ1) is 22.7. The van der Waals surface area contributed by atoms with Gasteiger partial charge in [0.1, 0.15) is 5.01 Å². The lowest BCUT2D eigenvalue weighted by molar-refractivity contribution is -0.136. The molecule has 2 amide bonds. The van der Waals surface area contributed by atoms with E-state index in [-0.39, 0.29) is 24.4 Å². The molecule has 0 saturated carbocycles. The first-order valence-corrected chi connectivity index (χ1v) is 11.4. The predicted octanol–water partition coefficient (Wildman–Crippen LogP) is 0.447. The van der Waals surface area contributed by atoms with E-state index in [1.807, 2.05) is 33.1 Å². The van der Waals surface area contributed by atoms with Crippen molar-refractivity contribution in [3.63, 3.8) is 0 Å². The van der Waals surface area contributed by atoms with Crippen LogP contribution in [-0.4, -0.2) is 73.2 Å². The van der Waals surface area contributed by atoms with Gasteiger partial charge in [0.2, 0.25) is 11.8 Å². The van der Waals surface area contributed by atoms with Crippen molar-refractivity contribution in [1.29, 1.82) is 0 Å². The molecule has 158 valence electrons. The van der Waals surface area contributed by atoms with Gasteiger partial charge in [-0.2, -0.15) is 17.4 Å². The number of amides is 2. The van der Waals surface area contributed by atoms with Crippen LogP contribution in [0.4, 0.5) is 0 Å². The standard InChI is InChI=1S/C17H29N5O4S2/c1-11-10-27-15(19-11)12(2)16(24)22-8-7-13(17(22,3)4)20-14(23)9-18-28(25,26)21(5)6/h10,12-13,18H,7-9H2,1-6H3,(H,20,23). The van der Waals surface area contributed by atoms with Crippen molar-refractivity contribution in [3.8, 4) is 0 Å². The SMILES string of the molecule is Cc1csc(C(C)C(=O)N2CCC(NC(=O)CNS(=O)(=O)N(C)C)C2(C)C)n1. The molecule has 0 aromatic carbocycles. The second kappa shape index (κ2) is 8.44. The van der Waals surface area contributed by atoms with Crippen LogP contribution in [0, 0.1) is 6.92 Å². The number of nitrogens with one attached hydrogen (secondary N) is 2. The fourth-order valence-corrected chi connectivity index (χ4v) is 4.59. The maximum absolute atomic E-state index is 13.0. The average molecular weight is 432 g/mol. The van der Waals surface area contributed by atoms with Crippen LogP contribution < -0.4 is 10.0 Å². The number of thiazole rings is 1. The lowest BCUT2D eigenvalue weighted by Gasteiger charge is -2.37. The number of likely N-dealkylation sites (tertiary alicyclic amines) is 1. The van der Waals surface area contributed by atoms with Crippen LogP contribution in [0.3, 0.4) is 0 Å². The first-order chi connectivity index (χ1) is 12.9. The van der Waals surface area contributed by atoms with Crippen molar-refractivity contribution in [3.05, 3.63) is 16.1 Å². The summed E-state index contributed by atoms with van der Waals surface area (Å²) in [6, 6.07) is -0.266. The van der Waals surface area contributed by atoms with Crippen LogP contribution in [0.1, 0.15) is 43.8 Å². The highest BCUT2D eigenvalue weighted by Crippen LogP contribution is 2.33. The van der Waals surface area contributed by atoms with Crippen LogP contribution >= 0.6 is 11.3 Å². The zero-order valence-corrected chi connectivity index (χ0v) is 18.8. The van der Waals surface area contributed by atoms with Crippen LogP contribution in [0.25, 0.3) is 0 Å². The molecule has 1 fully saturated rings. The minimum atomic E-state index is -3.67. The predicted molar refractivity (Wildman–Crippen MR) is 108 cm³/mol. The van der Waals surface area contributed by atoms with Crippen molar-refractivity contribution in [2.45, 2.75) is 51.6 Å². The van der Waals surface area contributed by atoms with Crippen molar-refractivity contribution < 1.29 is 18.0 Å². The van der Waals surface area contributed by atoms with Gasteiger partial charge in [0.15, 0.2) is 0 Å². The molecule has 11 heteroatoms. The van der Waals surface area contributed by atoms with Gasteiger partial charge in [0.25, 0.3) is 10.2 Å². The molecule has 0 radical (unpaired) electrons. The molecule has 28 heavy (non-hydrogen) atoms. The van der Waals surface area contributed by atoms with Gasteiger partial charge in [-0.25, -0.2) is 4.98 Å². The molecule has 2 heterocycles. The Morgan fingerprint density at radius 2 is 2.07 bits per heavy atom. The van der Waals surface area contributed by atoms with Crippen molar-refractivity contribution in [2.75, 3.05) is 27.2 Å². The summed E-state index contributed by atoms with van der Waals surface area (Å²) in [5, 5.41) is 5.56. The number of carbonyl (C=O) groups excluding carboxylic acids is 2. The summed E-state index contributed by atoms with van der Waals surface area (Å²) in [4.78, 5) is 31.4. The van der Waals surface area contributed by atoms with Gasteiger partial charge in [-0.1, -0.05) is 0 Å². The summed E-state index contributed by atoms with van der Waals surface area (Å²) in [6.07, 6.45) is 0.606. The Balaban J connectivity index is 2.00. The molecule has 2 rings (SSSR count). The minimum absolute atomic E-state index is 0.0237. The molecule has 0 bridgehead atoms. The van der Waals surface area contributed by atoms with Crippen molar-refractivity contribution in [1.82, 2.24) is 24.2 Å². The molecule has 2 atom stereocenters. The van der Waals surface area contributed by atoms with Gasteiger partial charge < -0.3 is 10.2 Å². The molecular weight excluding hydrogens is 402 g/mol. The Morgan fingerprint density at radius 1 is 1.43 bits per heavy atom. The number of hydrogen-bond donors (Lipinski definition) is 2. The van der Waals surface area contributed by atoms with E-state index in [1.165, 1.54) is 25.4 Å². The molecule has 1 aromatic heterocycles. The molecule has 2 N–H and O–H groups in total. The number of aromatic nitrogens is 1. The van der Waals surface area contributed by atoms with Gasteiger partial charge >= 0.3 is 0 Å². The number of nitrogens with zero attached hydrogens (tertiary/aromatic N) is 3. The van der Waals surface area contributed by atoms with Crippen LogP contribution in [-0.2, 0) is 19.8 Å². The minimum Gasteiger partial charge on any atom is -0.350 e. The molecule has 1 saturated heterocycles. The van der Waals surface area contributed by atoms with E-state index in [1.54, 1.807) is 4.90 Å². The summed E-state index contributed by atoms with van der Waals surface area (Å²) in [5.41, 5.74) is 0.305. The third-order valence-corrected chi connectivity index (χ3v) is 7.68. The fourth-order valence-electron chi connectivity index (χ4n) is 3.17. The number of hydrogen-bond acceptors (Lipinski definition) is 6. The largest absolute Gasteiger partial charge is 0.350 e. The summed E-state index contributed by atoms with van der Waals surface area (Å²) < 4.78 is 26.7. The Kier molecular flexibility index (Phi) is 6.85. The zero-order valence-electron chi connectivity index (χ0n) is 17.1. The van der Waals surface area contributed by atoms with E-state index in [9.17, 15) is 18.0 Å². The van der Waals surface area contributed by atoms with Gasteiger partial charge in [-0.15, -0.1) is 11.3 Å². The fraction of sp³-hybridized carbons (Fsp3) is 0.706. The number of aryl methyl sites for hydroxylation is 1. The molecule has 1 aliphatic rings. The van der Waals surface area contributed by atoms with Crippen LogP contribution in [0.5, 0.6) is 0 Å². The Morgan fingerprint density at radius 3 is 2.61 bits per heavy atom. The zero-order chi connectivity index (χ0) is 21.3. The average Bonchev–Trinajstić information content (AvgIpc) is 3.15. The molecule has 9 nitrogen and oxygen atoms in total. The second-order valence-electron chi connectivity index (χ2n) is 7.71. The van der Waals surface area contributed by atoms with E-state index < -0.39 is 21.7 Å². The molecule has 2 unspecified atom stereocenters. The summed E-state index contributed by atoms with van der Waals surface area (Å²) >= 11 is 1.47. The van der Waals surface area contributed by atoms with E-state index in [4.69, 9.17) is 0 Å². The maximum atomic E-state index is 13.0. The highest BCUT2D eigenvalue weighted by atomic mass is 32.2. The summed E-state index contributed by atoms with van der Waals surface area (Å²) in [5.74, 6) is -0.801. The van der Waals surface area contributed by atoms with E-state index in [0.717, 1.165) is 15.0 Å². The molecule has 1 aliphatic heterocycles.